The minimum absolute atomic E-state index is 0.0233. The summed E-state index contributed by atoms with van der Waals surface area (Å²) in [4.78, 5) is 5.80. The van der Waals surface area contributed by atoms with Gasteiger partial charge in [0.2, 0.25) is 0 Å². The lowest BCUT2D eigenvalue weighted by Crippen LogP contribution is -2.24. The van der Waals surface area contributed by atoms with E-state index in [4.69, 9.17) is 0 Å². The smallest absolute Gasteiger partial charge is 0.130 e. The molecule has 0 saturated heterocycles. The molecular formula is C16H21FN2S. The van der Waals surface area contributed by atoms with Gasteiger partial charge < -0.3 is 5.32 Å². The van der Waals surface area contributed by atoms with Gasteiger partial charge in [0.1, 0.15) is 5.82 Å². The molecule has 0 aliphatic heterocycles. The number of thiazole rings is 1. The standard InChI is InChI=1S/C16H21FN2S/c1-5-18-14(9-15-19-11(3)12(4)20-15)13-8-6-7-10(2)16(13)17/h6-8,14,18H,5,9H2,1-4H3. The highest BCUT2D eigenvalue weighted by molar-refractivity contribution is 7.11. The summed E-state index contributed by atoms with van der Waals surface area (Å²) in [6, 6.07) is 5.56. The van der Waals surface area contributed by atoms with Crippen molar-refractivity contribution in [2.45, 2.75) is 40.2 Å². The van der Waals surface area contributed by atoms with E-state index in [2.05, 4.69) is 17.2 Å². The Labute approximate surface area is 124 Å². The lowest BCUT2D eigenvalue weighted by atomic mass is 10.0. The van der Waals surface area contributed by atoms with Gasteiger partial charge in [-0.1, -0.05) is 25.1 Å². The maximum Gasteiger partial charge on any atom is 0.130 e. The summed E-state index contributed by atoms with van der Waals surface area (Å²) in [6.07, 6.45) is 0.730. The number of rotatable bonds is 5. The van der Waals surface area contributed by atoms with Gasteiger partial charge in [0.25, 0.3) is 0 Å². The van der Waals surface area contributed by atoms with Crippen molar-refractivity contribution in [2.24, 2.45) is 0 Å². The zero-order chi connectivity index (χ0) is 14.7. The highest BCUT2D eigenvalue weighted by Gasteiger charge is 2.18. The van der Waals surface area contributed by atoms with Crippen LogP contribution < -0.4 is 5.32 Å². The van der Waals surface area contributed by atoms with E-state index in [1.54, 1.807) is 24.3 Å². The molecule has 1 aromatic heterocycles. The first-order valence-corrected chi connectivity index (χ1v) is 7.75. The van der Waals surface area contributed by atoms with Gasteiger partial charge in [0, 0.05) is 22.9 Å². The molecule has 1 unspecified atom stereocenters. The van der Waals surface area contributed by atoms with Crippen LogP contribution in [0.5, 0.6) is 0 Å². The fourth-order valence-corrected chi connectivity index (χ4v) is 3.26. The Morgan fingerprint density at radius 2 is 2.05 bits per heavy atom. The van der Waals surface area contributed by atoms with E-state index in [1.165, 1.54) is 4.88 Å². The molecule has 0 spiro atoms. The fraction of sp³-hybridized carbons (Fsp3) is 0.438. The summed E-state index contributed by atoms with van der Waals surface area (Å²) in [6.45, 7) is 8.75. The molecular weight excluding hydrogens is 271 g/mol. The van der Waals surface area contributed by atoms with E-state index in [1.807, 2.05) is 26.0 Å². The van der Waals surface area contributed by atoms with Crippen molar-refractivity contribution in [1.82, 2.24) is 10.3 Å². The van der Waals surface area contributed by atoms with Crippen LogP contribution in [0.2, 0.25) is 0 Å². The summed E-state index contributed by atoms with van der Waals surface area (Å²) < 4.78 is 14.3. The average molecular weight is 292 g/mol. The molecule has 0 saturated carbocycles. The van der Waals surface area contributed by atoms with Crippen LogP contribution in [0, 0.1) is 26.6 Å². The lowest BCUT2D eigenvalue weighted by molar-refractivity contribution is 0.506. The van der Waals surface area contributed by atoms with Crippen LogP contribution in [0.15, 0.2) is 18.2 Å². The molecule has 4 heteroatoms. The van der Waals surface area contributed by atoms with Gasteiger partial charge in [-0.15, -0.1) is 11.3 Å². The van der Waals surface area contributed by atoms with E-state index >= 15 is 0 Å². The predicted octanol–water partition coefficient (Wildman–Crippen LogP) is 4.10. The van der Waals surface area contributed by atoms with E-state index in [9.17, 15) is 4.39 Å². The van der Waals surface area contributed by atoms with E-state index in [0.29, 0.717) is 5.56 Å². The summed E-state index contributed by atoms with van der Waals surface area (Å²) in [5.74, 6) is -0.108. The first-order valence-electron chi connectivity index (χ1n) is 6.94. The molecule has 108 valence electrons. The maximum atomic E-state index is 14.3. The van der Waals surface area contributed by atoms with E-state index in [-0.39, 0.29) is 11.9 Å². The van der Waals surface area contributed by atoms with Crippen molar-refractivity contribution in [2.75, 3.05) is 6.54 Å². The van der Waals surface area contributed by atoms with Crippen LogP contribution in [0.4, 0.5) is 4.39 Å². The topological polar surface area (TPSA) is 24.9 Å². The predicted molar refractivity (Wildman–Crippen MR) is 82.8 cm³/mol. The quantitative estimate of drug-likeness (QED) is 0.897. The van der Waals surface area contributed by atoms with Crippen LogP contribution in [-0.4, -0.2) is 11.5 Å². The molecule has 2 aromatic rings. The van der Waals surface area contributed by atoms with Gasteiger partial charge in [-0.3, -0.25) is 0 Å². The number of likely N-dealkylation sites (N-methyl/N-ethyl adjacent to an activating group) is 1. The third kappa shape index (κ3) is 3.25. The molecule has 1 aromatic carbocycles. The second-order valence-electron chi connectivity index (χ2n) is 5.04. The van der Waals surface area contributed by atoms with Crippen LogP contribution >= 0.6 is 11.3 Å². The SMILES string of the molecule is CCNC(Cc1nc(C)c(C)s1)c1cccc(C)c1F. The Morgan fingerprint density at radius 3 is 2.65 bits per heavy atom. The number of aromatic nitrogens is 1. The van der Waals surface area contributed by atoms with Gasteiger partial charge in [0.15, 0.2) is 0 Å². The number of nitrogens with zero attached hydrogens (tertiary/aromatic N) is 1. The molecule has 0 radical (unpaired) electrons. The number of hydrogen-bond donors (Lipinski definition) is 1. The number of hydrogen-bond acceptors (Lipinski definition) is 3. The second kappa shape index (κ2) is 6.46. The molecule has 1 atom stereocenters. The molecule has 2 nitrogen and oxygen atoms in total. The second-order valence-corrected chi connectivity index (χ2v) is 6.33. The molecule has 20 heavy (non-hydrogen) atoms. The first-order chi connectivity index (χ1) is 9.52. The van der Waals surface area contributed by atoms with Crippen molar-refractivity contribution in [1.29, 1.82) is 0 Å². The lowest BCUT2D eigenvalue weighted by Gasteiger charge is -2.18. The Balaban J connectivity index is 2.29. The monoisotopic (exact) mass is 292 g/mol. The normalized spacial score (nSPS) is 12.7. The van der Waals surface area contributed by atoms with Crippen molar-refractivity contribution in [3.63, 3.8) is 0 Å². The molecule has 0 bridgehead atoms. The summed E-state index contributed by atoms with van der Waals surface area (Å²) >= 11 is 1.70. The zero-order valence-corrected chi connectivity index (χ0v) is 13.3. The van der Waals surface area contributed by atoms with Crippen molar-refractivity contribution in [3.8, 4) is 0 Å². The third-order valence-electron chi connectivity index (χ3n) is 3.50. The van der Waals surface area contributed by atoms with Crippen molar-refractivity contribution < 1.29 is 4.39 Å². The molecule has 1 N–H and O–H groups in total. The molecule has 0 aliphatic carbocycles. The van der Waals surface area contributed by atoms with Crippen LogP contribution in [-0.2, 0) is 6.42 Å². The van der Waals surface area contributed by atoms with E-state index in [0.717, 1.165) is 29.2 Å². The first kappa shape index (κ1) is 15.1. The van der Waals surface area contributed by atoms with Crippen LogP contribution in [0.25, 0.3) is 0 Å². The van der Waals surface area contributed by atoms with Crippen molar-refractivity contribution >= 4 is 11.3 Å². The highest BCUT2D eigenvalue weighted by Crippen LogP contribution is 2.26. The van der Waals surface area contributed by atoms with Crippen LogP contribution in [0.1, 0.15) is 39.7 Å². The van der Waals surface area contributed by atoms with Crippen molar-refractivity contribution in [3.05, 3.63) is 50.7 Å². The number of benzene rings is 1. The molecule has 0 aliphatic rings. The molecule has 2 rings (SSSR count). The Kier molecular flexibility index (Phi) is 4.89. The number of nitrogens with one attached hydrogen (secondary N) is 1. The van der Waals surface area contributed by atoms with Gasteiger partial charge in [-0.2, -0.15) is 0 Å². The van der Waals surface area contributed by atoms with E-state index < -0.39 is 0 Å². The Hall–Kier alpha value is -1.26. The highest BCUT2D eigenvalue weighted by atomic mass is 32.1. The number of halogens is 1. The van der Waals surface area contributed by atoms with Gasteiger partial charge >= 0.3 is 0 Å². The molecule has 0 fully saturated rings. The Bertz CT molecular complexity index is 573. The Morgan fingerprint density at radius 1 is 1.30 bits per heavy atom. The largest absolute Gasteiger partial charge is 0.310 e. The minimum atomic E-state index is -0.108. The third-order valence-corrected chi connectivity index (χ3v) is 4.59. The molecule has 0 amide bonds. The minimum Gasteiger partial charge on any atom is -0.310 e. The van der Waals surface area contributed by atoms with Gasteiger partial charge in [-0.25, -0.2) is 9.37 Å². The summed E-state index contributed by atoms with van der Waals surface area (Å²) in [5, 5.41) is 4.43. The van der Waals surface area contributed by atoms with Gasteiger partial charge in [0.05, 0.1) is 10.7 Å². The molecule has 1 heterocycles. The van der Waals surface area contributed by atoms with Gasteiger partial charge in [-0.05, 0) is 32.9 Å². The van der Waals surface area contributed by atoms with Crippen LogP contribution in [0.3, 0.4) is 0 Å². The summed E-state index contributed by atoms with van der Waals surface area (Å²) in [5.41, 5.74) is 2.50. The number of aryl methyl sites for hydroxylation is 3. The average Bonchev–Trinajstić information content (AvgIpc) is 2.71. The fourth-order valence-electron chi connectivity index (χ4n) is 2.28. The summed E-state index contributed by atoms with van der Waals surface area (Å²) in [7, 11) is 0. The zero-order valence-electron chi connectivity index (χ0n) is 12.5. The maximum absolute atomic E-state index is 14.3.